The van der Waals surface area contributed by atoms with Gasteiger partial charge in [0.25, 0.3) is 5.91 Å². The Bertz CT molecular complexity index is 1330. The quantitative estimate of drug-likeness (QED) is 0.510. The third-order valence-corrected chi connectivity index (χ3v) is 6.09. The van der Waals surface area contributed by atoms with Gasteiger partial charge in [0, 0.05) is 24.5 Å². The van der Waals surface area contributed by atoms with Crippen molar-refractivity contribution in [2.75, 3.05) is 17.3 Å². The van der Waals surface area contributed by atoms with E-state index in [1.54, 1.807) is 22.7 Å². The molecule has 5 rings (SSSR count). The van der Waals surface area contributed by atoms with Gasteiger partial charge in [0.05, 0.1) is 17.8 Å². The molecule has 0 spiro atoms. The van der Waals surface area contributed by atoms with Crippen LogP contribution in [0.15, 0.2) is 67.1 Å². The highest BCUT2D eigenvalue weighted by Gasteiger charge is 2.28. The first-order valence-electron chi connectivity index (χ1n) is 10.7. The first-order chi connectivity index (χ1) is 15.6. The van der Waals surface area contributed by atoms with Crippen molar-refractivity contribution in [3.63, 3.8) is 0 Å². The lowest BCUT2D eigenvalue weighted by atomic mass is 9.95. The summed E-state index contributed by atoms with van der Waals surface area (Å²) in [4.78, 5) is 36.5. The van der Waals surface area contributed by atoms with E-state index < -0.39 is 0 Å². The van der Waals surface area contributed by atoms with Gasteiger partial charge in [-0.2, -0.15) is 0 Å². The van der Waals surface area contributed by atoms with E-state index in [2.05, 4.69) is 15.3 Å². The first-order valence-corrected chi connectivity index (χ1v) is 10.7. The van der Waals surface area contributed by atoms with E-state index >= 15 is 0 Å². The second kappa shape index (κ2) is 7.92. The molecule has 0 bridgehead atoms. The number of hydrogen-bond donors (Lipinski definition) is 1. The molecule has 1 aliphatic heterocycles. The second-order valence-corrected chi connectivity index (χ2v) is 7.83. The summed E-state index contributed by atoms with van der Waals surface area (Å²) >= 11 is 0. The number of aromatic nitrogens is 3. The molecule has 0 radical (unpaired) electrons. The fourth-order valence-corrected chi connectivity index (χ4v) is 4.40. The normalized spacial score (nSPS) is 13.9. The van der Waals surface area contributed by atoms with Gasteiger partial charge in [-0.15, -0.1) is 0 Å². The van der Waals surface area contributed by atoms with E-state index in [1.165, 1.54) is 6.33 Å². The Morgan fingerprint density at radius 2 is 1.88 bits per heavy atom. The highest BCUT2D eigenvalue weighted by Crippen LogP contribution is 2.31. The minimum absolute atomic E-state index is 0.00954. The number of fused-ring (bicyclic) bond motifs is 2. The third-order valence-electron chi connectivity index (χ3n) is 6.09. The van der Waals surface area contributed by atoms with Crippen molar-refractivity contribution >= 4 is 34.4 Å². The smallest absolute Gasteiger partial charge is 0.258 e. The Morgan fingerprint density at radius 3 is 2.59 bits per heavy atom. The van der Waals surface area contributed by atoms with Crippen molar-refractivity contribution in [3.05, 3.63) is 83.8 Å². The SMILES string of the molecule is CCC(C(=O)n1ccc2c(NC)ncnc21)c1ccc(N2Cc3ccccc3C2=O)cc1. The van der Waals surface area contributed by atoms with Crippen LogP contribution in [0.2, 0.25) is 0 Å². The summed E-state index contributed by atoms with van der Waals surface area (Å²) in [6.07, 6.45) is 3.86. The molecule has 7 heteroatoms. The van der Waals surface area contributed by atoms with E-state index in [0.717, 1.165) is 27.8 Å². The van der Waals surface area contributed by atoms with Crippen LogP contribution in [0, 0.1) is 0 Å². The second-order valence-electron chi connectivity index (χ2n) is 7.83. The number of nitrogens with one attached hydrogen (secondary N) is 1. The monoisotopic (exact) mass is 425 g/mol. The predicted octanol–water partition coefficient (Wildman–Crippen LogP) is 4.47. The van der Waals surface area contributed by atoms with Crippen molar-refractivity contribution in [2.45, 2.75) is 25.8 Å². The van der Waals surface area contributed by atoms with Gasteiger partial charge in [0.2, 0.25) is 5.91 Å². The molecule has 0 aliphatic carbocycles. The molecule has 32 heavy (non-hydrogen) atoms. The molecule has 2 aromatic heterocycles. The lowest BCUT2D eigenvalue weighted by molar-refractivity contribution is 0.0879. The molecule has 160 valence electrons. The topological polar surface area (TPSA) is 80.1 Å². The lowest BCUT2D eigenvalue weighted by Crippen LogP contribution is -2.23. The van der Waals surface area contributed by atoms with Gasteiger partial charge in [-0.25, -0.2) is 9.97 Å². The van der Waals surface area contributed by atoms with Crippen molar-refractivity contribution in [2.24, 2.45) is 0 Å². The average Bonchev–Trinajstić information content (AvgIpc) is 3.41. The minimum atomic E-state index is -0.320. The summed E-state index contributed by atoms with van der Waals surface area (Å²) in [5, 5.41) is 3.84. The van der Waals surface area contributed by atoms with Crippen molar-refractivity contribution < 1.29 is 9.59 Å². The van der Waals surface area contributed by atoms with Crippen LogP contribution in [0.5, 0.6) is 0 Å². The van der Waals surface area contributed by atoms with Gasteiger partial charge < -0.3 is 10.2 Å². The first kappa shape index (κ1) is 19.9. The molecular weight excluding hydrogens is 402 g/mol. The van der Waals surface area contributed by atoms with Crippen molar-refractivity contribution in [1.82, 2.24) is 14.5 Å². The van der Waals surface area contributed by atoms with E-state index in [1.807, 2.05) is 61.5 Å². The standard InChI is InChI=1S/C25H23N5O2/c1-3-19(24(31)29-13-12-21-22(26-2)27-15-28-23(21)29)16-8-10-18(11-9-16)30-14-17-6-4-5-7-20(17)25(30)32/h4-13,15,19H,3,14H2,1-2H3,(H,26,27,28). The van der Waals surface area contributed by atoms with Crippen LogP contribution in [0.3, 0.4) is 0 Å². The zero-order valence-electron chi connectivity index (χ0n) is 17.9. The Hall–Kier alpha value is -4.00. The van der Waals surface area contributed by atoms with Crippen LogP contribution < -0.4 is 10.2 Å². The summed E-state index contributed by atoms with van der Waals surface area (Å²) in [5.74, 6) is 0.338. The highest BCUT2D eigenvalue weighted by atomic mass is 16.2. The van der Waals surface area contributed by atoms with Crippen LogP contribution in [0.25, 0.3) is 11.0 Å². The Morgan fingerprint density at radius 1 is 1.09 bits per heavy atom. The molecule has 1 N–H and O–H groups in total. The number of anilines is 2. The molecule has 3 heterocycles. The largest absolute Gasteiger partial charge is 0.372 e. The van der Waals surface area contributed by atoms with E-state index in [9.17, 15) is 9.59 Å². The van der Waals surface area contributed by atoms with Crippen LogP contribution in [0.4, 0.5) is 11.5 Å². The summed E-state index contributed by atoms with van der Waals surface area (Å²) in [5.41, 5.74) is 4.11. The maximum absolute atomic E-state index is 13.4. The van der Waals surface area contributed by atoms with Crippen LogP contribution in [-0.2, 0) is 6.54 Å². The van der Waals surface area contributed by atoms with Gasteiger partial charge in [-0.3, -0.25) is 14.2 Å². The van der Waals surface area contributed by atoms with Gasteiger partial charge in [0.15, 0.2) is 5.65 Å². The average molecular weight is 425 g/mol. The van der Waals surface area contributed by atoms with E-state index in [-0.39, 0.29) is 17.7 Å². The summed E-state index contributed by atoms with van der Waals surface area (Å²) < 4.78 is 1.60. The number of benzene rings is 2. The number of carbonyl (C=O) groups excluding carboxylic acids is 2. The minimum Gasteiger partial charge on any atom is -0.372 e. The molecule has 1 atom stereocenters. The van der Waals surface area contributed by atoms with Gasteiger partial charge >= 0.3 is 0 Å². The number of amides is 1. The highest BCUT2D eigenvalue weighted by molar-refractivity contribution is 6.10. The van der Waals surface area contributed by atoms with Crippen LogP contribution in [-0.4, -0.2) is 33.4 Å². The van der Waals surface area contributed by atoms with Crippen molar-refractivity contribution in [3.8, 4) is 0 Å². The van der Waals surface area contributed by atoms with E-state index in [0.29, 0.717) is 24.4 Å². The number of rotatable bonds is 5. The zero-order chi connectivity index (χ0) is 22.2. The molecule has 4 aromatic rings. The van der Waals surface area contributed by atoms with Gasteiger partial charge in [-0.05, 0) is 41.8 Å². The molecule has 0 saturated heterocycles. The molecular formula is C25H23N5O2. The summed E-state index contributed by atoms with van der Waals surface area (Å²) in [6, 6.07) is 17.3. The molecule has 1 amide bonds. The zero-order valence-corrected chi connectivity index (χ0v) is 17.9. The maximum Gasteiger partial charge on any atom is 0.258 e. The fourth-order valence-electron chi connectivity index (χ4n) is 4.40. The van der Waals surface area contributed by atoms with Gasteiger partial charge in [0.1, 0.15) is 12.1 Å². The molecule has 2 aromatic carbocycles. The number of carbonyl (C=O) groups is 2. The molecule has 1 aliphatic rings. The Labute approximate surface area is 185 Å². The van der Waals surface area contributed by atoms with Gasteiger partial charge in [-0.1, -0.05) is 37.3 Å². The summed E-state index contributed by atoms with van der Waals surface area (Å²) in [7, 11) is 1.79. The summed E-state index contributed by atoms with van der Waals surface area (Å²) in [6.45, 7) is 2.56. The van der Waals surface area contributed by atoms with Crippen molar-refractivity contribution in [1.29, 1.82) is 0 Å². The number of hydrogen-bond acceptors (Lipinski definition) is 5. The molecule has 0 fully saturated rings. The molecule has 1 unspecified atom stereocenters. The molecule has 0 saturated carbocycles. The predicted molar refractivity (Wildman–Crippen MR) is 124 cm³/mol. The van der Waals surface area contributed by atoms with Crippen LogP contribution >= 0.6 is 0 Å². The lowest BCUT2D eigenvalue weighted by Gasteiger charge is -2.19. The van der Waals surface area contributed by atoms with Crippen LogP contribution in [0.1, 0.15) is 45.5 Å². The Balaban J connectivity index is 1.42. The number of nitrogens with zero attached hydrogens (tertiary/aromatic N) is 4. The molecule has 7 nitrogen and oxygen atoms in total. The third kappa shape index (κ3) is 3.13. The Kier molecular flexibility index (Phi) is 4.93. The fraction of sp³-hybridized carbons (Fsp3) is 0.200. The van der Waals surface area contributed by atoms with E-state index in [4.69, 9.17) is 0 Å². The maximum atomic E-state index is 13.4.